The van der Waals surface area contributed by atoms with E-state index in [4.69, 9.17) is 17.2 Å². The molecule has 6 N–H and O–H groups in total. The molecule has 2 aromatic rings. The molecular weight excluding hydrogens is 320 g/mol. The first-order valence-electron chi connectivity index (χ1n) is 7.41. The highest BCUT2D eigenvalue weighted by Gasteiger charge is 2.39. The molecule has 0 aromatic heterocycles. The number of anilines is 1. The van der Waals surface area contributed by atoms with Gasteiger partial charge in [-0.25, -0.2) is 9.89 Å². The predicted octanol–water partition coefficient (Wildman–Crippen LogP) is 1.02. The lowest BCUT2D eigenvalue weighted by Gasteiger charge is -2.16. The number of hydrogen-bond donors (Lipinski definition) is 3. The average Bonchev–Trinajstić information content (AvgIpc) is 2.80. The molecule has 1 heterocycles. The van der Waals surface area contributed by atoms with E-state index in [0.717, 1.165) is 10.5 Å². The number of rotatable bonds is 2. The zero-order valence-electron chi connectivity index (χ0n) is 13.4. The Balaban J connectivity index is 2.12. The van der Waals surface area contributed by atoms with Gasteiger partial charge in [0.2, 0.25) is 5.96 Å². The summed E-state index contributed by atoms with van der Waals surface area (Å²) in [6.45, 7) is 1.83. The largest absolute Gasteiger partial charge is 0.370 e. The van der Waals surface area contributed by atoms with Crippen LogP contribution in [0.5, 0.6) is 0 Å². The van der Waals surface area contributed by atoms with Gasteiger partial charge in [0.05, 0.1) is 22.5 Å². The topological polar surface area (TPSA) is 140 Å². The smallest absolute Gasteiger partial charge is 0.268 e. The molecule has 8 heteroatoms. The van der Waals surface area contributed by atoms with Gasteiger partial charge < -0.3 is 17.2 Å². The number of benzene rings is 2. The first-order chi connectivity index (χ1) is 11.9. The highest BCUT2D eigenvalue weighted by atomic mass is 16.2. The van der Waals surface area contributed by atoms with E-state index in [1.807, 2.05) is 19.1 Å². The van der Waals surface area contributed by atoms with Crippen molar-refractivity contribution in [2.24, 2.45) is 27.2 Å². The maximum atomic E-state index is 12.9. The molecule has 0 spiro atoms. The predicted molar refractivity (Wildman–Crippen MR) is 95.9 cm³/mol. The fraction of sp³-hybridized carbons (Fsp3) is 0.0588. The third kappa shape index (κ3) is 2.80. The van der Waals surface area contributed by atoms with Crippen LogP contribution in [0.2, 0.25) is 0 Å². The highest BCUT2D eigenvalue weighted by molar-refractivity contribution is 6.36. The van der Waals surface area contributed by atoms with Gasteiger partial charge in [0.1, 0.15) is 0 Å². The summed E-state index contributed by atoms with van der Waals surface area (Å²) in [6, 6.07) is 11.9. The number of fused-ring (bicyclic) bond motifs is 1. The number of carbonyl (C=O) groups excluding carboxylic acids is 2. The van der Waals surface area contributed by atoms with Crippen LogP contribution in [0.25, 0.3) is 0 Å². The second kappa shape index (κ2) is 6.08. The van der Waals surface area contributed by atoms with E-state index in [0.29, 0.717) is 5.69 Å². The number of imide groups is 1. The van der Waals surface area contributed by atoms with Crippen LogP contribution in [0.1, 0.15) is 26.3 Å². The van der Waals surface area contributed by atoms with Crippen LogP contribution < -0.4 is 22.1 Å². The third-order valence-corrected chi connectivity index (χ3v) is 3.73. The molecule has 0 saturated heterocycles. The maximum Gasteiger partial charge on any atom is 0.268 e. The van der Waals surface area contributed by atoms with Gasteiger partial charge in [0, 0.05) is 0 Å². The number of nitrogens with zero attached hydrogens (tertiary/aromatic N) is 3. The van der Waals surface area contributed by atoms with Crippen LogP contribution in [0.4, 0.5) is 11.4 Å². The number of nitrogens with two attached hydrogens (primary N) is 3. The molecule has 1 aliphatic rings. The lowest BCUT2D eigenvalue weighted by atomic mass is 10.1. The van der Waals surface area contributed by atoms with Gasteiger partial charge in [-0.3, -0.25) is 9.59 Å². The molecule has 126 valence electrons. The summed E-state index contributed by atoms with van der Waals surface area (Å²) in [6.07, 6.45) is 0. The van der Waals surface area contributed by atoms with Gasteiger partial charge in [0.15, 0.2) is 5.96 Å². The minimum absolute atomic E-state index is 0.171. The second-order valence-corrected chi connectivity index (χ2v) is 5.44. The van der Waals surface area contributed by atoms with E-state index in [2.05, 4.69) is 9.98 Å². The summed E-state index contributed by atoms with van der Waals surface area (Å²) in [5.74, 6) is -1.33. The maximum absolute atomic E-state index is 12.9. The summed E-state index contributed by atoms with van der Waals surface area (Å²) in [7, 11) is 0. The van der Waals surface area contributed by atoms with E-state index >= 15 is 0 Å². The van der Waals surface area contributed by atoms with E-state index in [-0.39, 0.29) is 28.7 Å². The normalized spacial score (nSPS) is 13.8. The van der Waals surface area contributed by atoms with Crippen LogP contribution in [0, 0.1) is 6.92 Å². The molecule has 1 aliphatic heterocycles. The number of guanidine groups is 2. The second-order valence-electron chi connectivity index (χ2n) is 5.44. The van der Waals surface area contributed by atoms with Crippen LogP contribution in [0.3, 0.4) is 0 Å². The fourth-order valence-electron chi connectivity index (χ4n) is 2.67. The first-order valence-corrected chi connectivity index (χ1v) is 7.41. The molecule has 0 aliphatic carbocycles. The zero-order valence-corrected chi connectivity index (χ0v) is 13.4. The fourth-order valence-corrected chi connectivity index (χ4v) is 2.67. The summed E-state index contributed by atoms with van der Waals surface area (Å²) < 4.78 is 0. The van der Waals surface area contributed by atoms with Gasteiger partial charge >= 0.3 is 0 Å². The minimum Gasteiger partial charge on any atom is -0.370 e. The van der Waals surface area contributed by atoms with Crippen molar-refractivity contribution in [1.82, 2.24) is 0 Å². The first kappa shape index (κ1) is 16.2. The Morgan fingerprint density at radius 3 is 2.36 bits per heavy atom. The Kier molecular flexibility index (Phi) is 3.94. The standard InChI is InChI=1S/C17H16N6O2/c1-9-5-2-3-8-12(9)23-14(24)10-6-4-7-11(13(10)15(23)25)21-17(20)22-16(18)19/h2-8H,1H3,(H6,18,19,20,21,22). The number of aliphatic imine (C=N–C) groups is 2. The van der Waals surface area contributed by atoms with Gasteiger partial charge in [0.25, 0.3) is 11.8 Å². The van der Waals surface area contributed by atoms with Crippen molar-refractivity contribution in [1.29, 1.82) is 0 Å². The molecule has 0 bridgehead atoms. The molecule has 0 fully saturated rings. The Hall–Kier alpha value is -3.68. The number of aryl methyl sites for hydroxylation is 1. The van der Waals surface area contributed by atoms with Crippen molar-refractivity contribution in [2.45, 2.75) is 6.92 Å². The molecule has 0 saturated carbocycles. The number of para-hydroxylation sites is 1. The van der Waals surface area contributed by atoms with E-state index in [1.165, 1.54) is 0 Å². The lowest BCUT2D eigenvalue weighted by molar-refractivity contribution is 0.0926. The molecule has 0 radical (unpaired) electrons. The van der Waals surface area contributed by atoms with Crippen molar-refractivity contribution in [3.05, 3.63) is 59.2 Å². The number of amides is 2. The van der Waals surface area contributed by atoms with Crippen molar-refractivity contribution >= 4 is 35.1 Å². The monoisotopic (exact) mass is 336 g/mol. The number of hydrogen-bond acceptors (Lipinski definition) is 3. The molecular formula is C17H16N6O2. The SMILES string of the molecule is Cc1ccccc1N1C(=O)c2cccc(N=C(N)N=C(N)N)c2C1=O. The zero-order chi connectivity index (χ0) is 18.1. The van der Waals surface area contributed by atoms with Crippen molar-refractivity contribution < 1.29 is 9.59 Å². The van der Waals surface area contributed by atoms with Crippen LogP contribution in [0.15, 0.2) is 52.4 Å². The van der Waals surface area contributed by atoms with Crippen molar-refractivity contribution in [3.8, 4) is 0 Å². The highest BCUT2D eigenvalue weighted by Crippen LogP contribution is 2.35. The van der Waals surface area contributed by atoms with E-state index in [1.54, 1.807) is 30.3 Å². The van der Waals surface area contributed by atoms with E-state index in [9.17, 15) is 9.59 Å². The van der Waals surface area contributed by atoms with Gasteiger partial charge in [-0.15, -0.1) is 0 Å². The quantitative estimate of drug-likeness (QED) is 0.426. The molecule has 2 amide bonds. The van der Waals surface area contributed by atoms with Gasteiger partial charge in [-0.05, 0) is 30.7 Å². The third-order valence-electron chi connectivity index (χ3n) is 3.73. The molecule has 0 unspecified atom stereocenters. The van der Waals surface area contributed by atoms with Crippen LogP contribution >= 0.6 is 0 Å². The molecule has 25 heavy (non-hydrogen) atoms. The summed E-state index contributed by atoms with van der Waals surface area (Å²) in [4.78, 5) is 34.4. The van der Waals surface area contributed by atoms with Crippen LogP contribution in [-0.4, -0.2) is 23.7 Å². The summed E-state index contributed by atoms with van der Waals surface area (Å²) >= 11 is 0. The lowest BCUT2D eigenvalue weighted by Crippen LogP contribution is -2.30. The van der Waals surface area contributed by atoms with Crippen LogP contribution in [-0.2, 0) is 0 Å². The van der Waals surface area contributed by atoms with Gasteiger partial charge in [-0.1, -0.05) is 24.3 Å². The summed E-state index contributed by atoms with van der Waals surface area (Å²) in [5.41, 5.74) is 18.2. The molecule has 8 nitrogen and oxygen atoms in total. The Morgan fingerprint density at radius 2 is 1.68 bits per heavy atom. The van der Waals surface area contributed by atoms with Crippen molar-refractivity contribution in [3.63, 3.8) is 0 Å². The Morgan fingerprint density at radius 1 is 0.960 bits per heavy atom. The Labute approximate surface area is 143 Å². The molecule has 0 atom stereocenters. The molecule has 3 rings (SSSR count). The minimum atomic E-state index is -0.467. The average molecular weight is 336 g/mol. The Bertz CT molecular complexity index is 944. The summed E-state index contributed by atoms with van der Waals surface area (Å²) in [5, 5.41) is 0. The van der Waals surface area contributed by atoms with E-state index < -0.39 is 11.8 Å². The van der Waals surface area contributed by atoms with Gasteiger partial charge in [-0.2, -0.15) is 4.99 Å². The molecule has 2 aromatic carbocycles. The number of carbonyl (C=O) groups is 2. The van der Waals surface area contributed by atoms with Crippen molar-refractivity contribution in [2.75, 3.05) is 4.90 Å².